The van der Waals surface area contributed by atoms with Crippen molar-refractivity contribution in [3.05, 3.63) is 42.0 Å². The number of halogens is 2. The largest absolute Gasteiger partial charge is 0.434 e. The minimum absolute atomic E-state index is 0.0606. The number of hydrazone groups is 1. The lowest BCUT2D eigenvalue weighted by Gasteiger charge is -2.26. The van der Waals surface area contributed by atoms with Gasteiger partial charge in [-0.1, -0.05) is 30.3 Å². The Kier molecular flexibility index (Phi) is 7.46. The maximum Gasteiger partial charge on any atom is 0.387 e. The summed E-state index contributed by atoms with van der Waals surface area (Å²) in [7, 11) is 0. The minimum Gasteiger partial charge on any atom is -0.434 e. The van der Waals surface area contributed by atoms with Gasteiger partial charge in [-0.15, -0.1) is 0 Å². The van der Waals surface area contributed by atoms with E-state index in [0.29, 0.717) is 17.2 Å². The number of nitrogens with zero attached hydrogens (tertiary/aromatic N) is 2. The number of benzene rings is 2. The second kappa shape index (κ2) is 10.3. The molecule has 1 saturated heterocycles. The maximum absolute atomic E-state index is 12.7. The molecule has 150 valence electrons. The van der Waals surface area contributed by atoms with Gasteiger partial charge in [-0.3, -0.25) is 10.3 Å². The van der Waals surface area contributed by atoms with Crippen LogP contribution in [0, 0.1) is 0 Å². The standard InChI is InChI=1S/C19H22F2N4O2S/c20-18(21)27-17-6-5-14-3-1-2-4-15(14)16(17)13-23-24-19(28)22-7-8-25-9-11-26-12-10-25/h1-6,13,18H,7-12H2,(H2,22,24,28)/b23-13-. The molecule has 9 heteroatoms. The Balaban J connectivity index is 1.59. The Bertz CT molecular complexity index is 829. The normalized spacial score (nSPS) is 15.2. The van der Waals surface area contributed by atoms with E-state index in [-0.39, 0.29) is 5.75 Å². The quantitative estimate of drug-likeness (QED) is 0.417. The Morgan fingerprint density at radius 2 is 2.04 bits per heavy atom. The van der Waals surface area contributed by atoms with E-state index in [1.54, 1.807) is 6.07 Å². The van der Waals surface area contributed by atoms with Crippen LogP contribution in [0.3, 0.4) is 0 Å². The first-order valence-corrected chi connectivity index (χ1v) is 9.38. The molecule has 0 aliphatic carbocycles. The second-order valence-corrected chi connectivity index (χ2v) is 6.57. The number of ether oxygens (including phenoxy) is 2. The number of hydrogen-bond donors (Lipinski definition) is 2. The molecule has 2 aromatic carbocycles. The van der Waals surface area contributed by atoms with Gasteiger partial charge in [0.25, 0.3) is 0 Å². The number of hydrogen-bond acceptors (Lipinski definition) is 5. The van der Waals surface area contributed by atoms with Gasteiger partial charge in [0.15, 0.2) is 5.11 Å². The van der Waals surface area contributed by atoms with Crippen LogP contribution in [0.5, 0.6) is 5.75 Å². The Morgan fingerprint density at radius 1 is 1.25 bits per heavy atom. The summed E-state index contributed by atoms with van der Waals surface area (Å²) < 4.78 is 35.4. The molecule has 1 heterocycles. The molecule has 0 amide bonds. The van der Waals surface area contributed by atoms with Crippen LogP contribution in [-0.2, 0) is 4.74 Å². The van der Waals surface area contributed by atoms with E-state index in [2.05, 4.69) is 25.5 Å². The van der Waals surface area contributed by atoms with Crippen LogP contribution < -0.4 is 15.5 Å². The minimum atomic E-state index is -2.91. The molecule has 2 N–H and O–H groups in total. The van der Waals surface area contributed by atoms with Gasteiger partial charge in [0.1, 0.15) is 5.75 Å². The SMILES string of the molecule is FC(F)Oc1ccc2ccccc2c1/C=N\NC(=S)NCCN1CCOCC1. The monoisotopic (exact) mass is 408 g/mol. The first kappa shape index (κ1) is 20.4. The summed E-state index contributed by atoms with van der Waals surface area (Å²) in [5.41, 5.74) is 3.18. The van der Waals surface area contributed by atoms with Gasteiger partial charge in [-0.2, -0.15) is 13.9 Å². The van der Waals surface area contributed by atoms with Gasteiger partial charge >= 0.3 is 6.61 Å². The first-order chi connectivity index (χ1) is 13.6. The van der Waals surface area contributed by atoms with Crippen molar-refractivity contribution >= 4 is 34.3 Å². The van der Waals surface area contributed by atoms with E-state index >= 15 is 0 Å². The molecule has 0 radical (unpaired) electrons. The summed E-state index contributed by atoms with van der Waals surface area (Å²) in [5.74, 6) is 0.0606. The van der Waals surface area contributed by atoms with Gasteiger partial charge in [-0.05, 0) is 29.1 Å². The molecular weight excluding hydrogens is 386 g/mol. The Morgan fingerprint density at radius 3 is 2.82 bits per heavy atom. The number of thiocarbonyl (C=S) groups is 1. The zero-order chi connectivity index (χ0) is 19.8. The lowest BCUT2D eigenvalue weighted by molar-refractivity contribution is -0.0498. The summed E-state index contributed by atoms with van der Waals surface area (Å²) in [6.07, 6.45) is 1.44. The summed E-state index contributed by atoms with van der Waals surface area (Å²) in [6.45, 7) is 1.94. The highest BCUT2D eigenvalue weighted by atomic mass is 32.1. The van der Waals surface area contributed by atoms with Crippen LogP contribution in [0.15, 0.2) is 41.5 Å². The molecule has 0 unspecified atom stereocenters. The van der Waals surface area contributed by atoms with Crippen molar-refractivity contribution in [2.45, 2.75) is 6.61 Å². The zero-order valence-corrected chi connectivity index (χ0v) is 16.1. The fourth-order valence-corrected chi connectivity index (χ4v) is 3.11. The molecule has 0 atom stereocenters. The zero-order valence-electron chi connectivity index (χ0n) is 15.2. The van der Waals surface area contributed by atoms with E-state index in [1.165, 1.54) is 12.3 Å². The van der Waals surface area contributed by atoms with Crippen molar-refractivity contribution in [1.29, 1.82) is 0 Å². The fraction of sp³-hybridized carbons (Fsp3) is 0.368. The highest BCUT2D eigenvalue weighted by molar-refractivity contribution is 7.80. The number of fused-ring (bicyclic) bond motifs is 1. The van der Waals surface area contributed by atoms with Crippen molar-refractivity contribution in [2.24, 2.45) is 5.10 Å². The average Bonchev–Trinajstić information content (AvgIpc) is 2.70. The van der Waals surface area contributed by atoms with Gasteiger partial charge in [-0.25, -0.2) is 0 Å². The number of nitrogens with one attached hydrogen (secondary N) is 2. The lowest BCUT2D eigenvalue weighted by Crippen LogP contribution is -2.42. The molecule has 1 aliphatic rings. The summed E-state index contributed by atoms with van der Waals surface area (Å²) in [5, 5.41) is 9.18. The third-order valence-corrected chi connectivity index (χ3v) is 4.56. The molecule has 0 bridgehead atoms. The Labute approximate surface area is 167 Å². The smallest absolute Gasteiger partial charge is 0.387 e. The van der Waals surface area contributed by atoms with Crippen LogP contribution in [0.4, 0.5) is 8.78 Å². The highest BCUT2D eigenvalue weighted by Crippen LogP contribution is 2.27. The molecule has 0 spiro atoms. The number of morpholine rings is 1. The van der Waals surface area contributed by atoms with E-state index in [0.717, 1.165) is 43.6 Å². The third kappa shape index (κ3) is 5.82. The van der Waals surface area contributed by atoms with Crippen molar-refractivity contribution in [2.75, 3.05) is 39.4 Å². The summed E-state index contributed by atoms with van der Waals surface area (Å²) in [4.78, 5) is 2.28. The average molecular weight is 408 g/mol. The van der Waals surface area contributed by atoms with Crippen LogP contribution in [0.2, 0.25) is 0 Å². The molecule has 0 saturated carbocycles. The van der Waals surface area contributed by atoms with Gasteiger partial charge in [0.2, 0.25) is 0 Å². The van der Waals surface area contributed by atoms with Gasteiger partial charge < -0.3 is 14.8 Å². The fourth-order valence-electron chi connectivity index (χ4n) is 2.95. The van der Waals surface area contributed by atoms with E-state index < -0.39 is 6.61 Å². The predicted molar refractivity (Wildman–Crippen MR) is 109 cm³/mol. The molecule has 6 nitrogen and oxygen atoms in total. The third-order valence-electron chi connectivity index (χ3n) is 4.32. The highest BCUT2D eigenvalue weighted by Gasteiger charge is 2.12. The number of alkyl halides is 2. The molecule has 28 heavy (non-hydrogen) atoms. The summed E-state index contributed by atoms with van der Waals surface area (Å²) >= 11 is 5.20. The first-order valence-electron chi connectivity index (χ1n) is 8.97. The topological polar surface area (TPSA) is 58.1 Å². The van der Waals surface area contributed by atoms with Crippen LogP contribution in [0.1, 0.15) is 5.56 Å². The van der Waals surface area contributed by atoms with Crippen molar-refractivity contribution < 1.29 is 18.3 Å². The molecule has 1 fully saturated rings. The van der Waals surface area contributed by atoms with Crippen LogP contribution in [-0.4, -0.2) is 62.2 Å². The van der Waals surface area contributed by atoms with Crippen molar-refractivity contribution in [3.63, 3.8) is 0 Å². The molecular formula is C19H22F2N4O2S. The van der Waals surface area contributed by atoms with Crippen molar-refractivity contribution in [3.8, 4) is 5.75 Å². The van der Waals surface area contributed by atoms with E-state index in [1.807, 2.05) is 24.3 Å². The van der Waals surface area contributed by atoms with Crippen LogP contribution >= 0.6 is 12.2 Å². The maximum atomic E-state index is 12.7. The van der Waals surface area contributed by atoms with Crippen molar-refractivity contribution in [1.82, 2.24) is 15.6 Å². The molecule has 0 aromatic heterocycles. The number of rotatable bonds is 7. The molecule has 2 aromatic rings. The van der Waals surface area contributed by atoms with Gasteiger partial charge in [0.05, 0.1) is 19.4 Å². The van der Waals surface area contributed by atoms with E-state index in [4.69, 9.17) is 17.0 Å². The lowest BCUT2D eigenvalue weighted by atomic mass is 10.0. The second-order valence-electron chi connectivity index (χ2n) is 6.16. The predicted octanol–water partition coefficient (Wildman–Crippen LogP) is 2.57. The van der Waals surface area contributed by atoms with Gasteiger partial charge in [0, 0.05) is 31.7 Å². The Hall–Kier alpha value is -2.36. The molecule has 3 rings (SSSR count). The van der Waals surface area contributed by atoms with E-state index in [9.17, 15) is 8.78 Å². The molecule has 1 aliphatic heterocycles. The summed E-state index contributed by atoms with van der Waals surface area (Å²) in [6, 6.07) is 10.7. The van der Waals surface area contributed by atoms with Crippen LogP contribution in [0.25, 0.3) is 10.8 Å².